The number of anilines is 1. The molecule has 0 fully saturated rings. The highest BCUT2D eigenvalue weighted by atomic mass is 32.2. The molecule has 1 aliphatic rings. The Morgan fingerprint density at radius 3 is 2.78 bits per heavy atom. The number of carbonyl (C=O) groups is 1. The molecule has 0 saturated carbocycles. The Kier molecular flexibility index (Phi) is 6.56. The molecular weight excluding hydrogens is 316 g/mol. The molecule has 2 rings (SSSR count). The summed E-state index contributed by atoms with van der Waals surface area (Å²) >= 11 is 0. The smallest absolute Gasteiger partial charge is 0.240 e. The highest BCUT2D eigenvalue weighted by Crippen LogP contribution is 2.25. The number of hydrogen-bond acceptors (Lipinski definition) is 4. The summed E-state index contributed by atoms with van der Waals surface area (Å²) < 4.78 is 32.5. The van der Waals surface area contributed by atoms with Gasteiger partial charge in [0.2, 0.25) is 15.9 Å². The molecule has 0 radical (unpaired) electrons. The van der Waals surface area contributed by atoms with Crippen LogP contribution < -0.4 is 10.0 Å². The fraction of sp³-hybridized carbons (Fsp3) is 0.562. The largest absolute Gasteiger partial charge is 0.381 e. The molecule has 0 atom stereocenters. The Hall–Kier alpha value is -1.44. The van der Waals surface area contributed by atoms with E-state index in [1.54, 1.807) is 12.1 Å². The van der Waals surface area contributed by atoms with Gasteiger partial charge in [-0.2, -0.15) is 0 Å². The van der Waals surface area contributed by atoms with Crippen molar-refractivity contribution in [2.75, 3.05) is 25.1 Å². The lowest BCUT2D eigenvalue weighted by molar-refractivity contribution is -0.116. The maximum absolute atomic E-state index is 12.3. The molecule has 0 aromatic heterocycles. The van der Waals surface area contributed by atoms with E-state index in [4.69, 9.17) is 4.74 Å². The number of benzene rings is 1. The third-order valence-electron chi connectivity index (χ3n) is 3.68. The van der Waals surface area contributed by atoms with Gasteiger partial charge in [0.1, 0.15) is 0 Å². The minimum Gasteiger partial charge on any atom is -0.381 e. The molecule has 0 unspecified atom stereocenters. The van der Waals surface area contributed by atoms with Crippen LogP contribution in [0.25, 0.3) is 0 Å². The average molecular weight is 340 g/mol. The number of fused-ring (bicyclic) bond motifs is 1. The maximum Gasteiger partial charge on any atom is 0.240 e. The van der Waals surface area contributed by atoms with Gasteiger partial charge in [0.25, 0.3) is 0 Å². The second-order valence-electron chi connectivity index (χ2n) is 5.58. The molecule has 0 aliphatic carbocycles. The molecule has 1 amide bonds. The van der Waals surface area contributed by atoms with Gasteiger partial charge in [0.05, 0.1) is 4.90 Å². The van der Waals surface area contributed by atoms with E-state index >= 15 is 0 Å². The van der Waals surface area contributed by atoms with Crippen LogP contribution >= 0.6 is 0 Å². The molecular formula is C16H24N2O4S. The summed E-state index contributed by atoms with van der Waals surface area (Å²) in [6.07, 6.45) is 3.71. The van der Waals surface area contributed by atoms with Crippen LogP contribution in [0.4, 0.5) is 5.69 Å². The van der Waals surface area contributed by atoms with Crippen molar-refractivity contribution in [1.29, 1.82) is 0 Å². The van der Waals surface area contributed by atoms with Gasteiger partial charge in [0.15, 0.2) is 0 Å². The zero-order chi connectivity index (χ0) is 16.7. The molecule has 1 aromatic carbocycles. The number of unbranched alkanes of at least 4 members (excludes halogenated alkanes) is 1. The Morgan fingerprint density at radius 2 is 2.00 bits per heavy atom. The van der Waals surface area contributed by atoms with Crippen molar-refractivity contribution in [3.63, 3.8) is 0 Å². The first-order chi connectivity index (χ1) is 11.0. The average Bonchev–Trinajstić information content (AvgIpc) is 2.53. The van der Waals surface area contributed by atoms with E-state index in [1.165, 1.54) is 6.07 Å². The Bertz CT molecular complexity index is 643. The van der Waals surface area contributed by atoms with Gasteiger partial charge in [-0.1, -0.05) is 13.3 Å². The summed E-state index contributed by atoms with van der Waals surface area (Å²) in [4.78, 5) is 11.6. The van der Waals surface area contributed by atoms with E-state index in [0.29, 0.717) is 38.1 Å². The molecule has 128 valence electrons. The molecule has 1 heterocycles. The van der Waals surface area contributed by atoms with Crippen LogP contribution in [0.3, 0.4) is 0 Å². The number of sulfonamides is 1. The molecule has 1 aromatic rings. The quantitative estimate of drug-likeness (QED) is 0.674. The zero-order valence-electron chi connectivity index (χ0n) is 13.4. The van der Waals surface area contributed by atoms with E-state index in [0.717, 1.165) is 25.0 Å². The van der Waals surface area contributed by atoms with Gasteiger partial charge >= 0.3 is 0 Å². The molecule has 0 bridgehead atoms. The number of rotatable bonds is 9. The van der Waals surface area contributed by atoms with Crippen molar-refractivity contribution >= 4 is 21.6 Å². The Morgan fingerprint density at radius 1 is 1.22 bits per heavy atom. The second kappa shape index (κ2) is 8.42. The normalized spacial score (nSPS) is 14.4. The third kappa shape index (κ3) is 5.30. The lowest BCUT2D eigenvalue weighted by Crippen LogP contribution is -2.26. The second-order valence-corrected chi connectivity index (χ2v) is 7.35. The minimum atomic E-state index is -3.52. The number of aryl methyl sites for hydroxylation is 1. The van der Waals surface area contributed by atoms with Crippen molar-refractivity contribution < 1.29 is 17.9 Å². The Balaban J connectivity index is 1.86. The molecule has 0 spiro atoms. The molecule has 7 heteroatoms. The number of ether oxygens (including phenoxy) is 1. The summed E-state index contributed by atoms with van der Waals surface area (Å²) in [5.74, 6) is -0.0331. The van der Waals surface area contributed by atoms with Gasteiger partial charge < -0.3 is 10.1 Å². The summed E-state index contributed by atoms with van der Waals surface area (Å²) in [6, 6.07) is 4.80. The van der Waals surface area contributed by atoms with Crippen molar-refractivity contribution in [3.8, 4) is 0 Å². The van der Waals surface area contributed by atoms with Gasteiger partial charge in [-0.05, 0) is 43.0 Å². The Labute approximate surface area is 137 Å². The van der Waals surface area contributed by atoms with E-state index in [2.05, 4.69) is 17.0 Å². The van der Waals surface area contributed by atoms with Crippen LogP contribution in [-0.2, 0) is 26.0 Å². The van der Waals surface area contributed by atoms with Gasteiger partial charge in [-0.25, -0.2) is 13.1 Å². The fourth-order valence-electron chi connectivity index (χ4n) is 2.34. The summed E-state index contributed by atoms with van der Waals surface area (Å²) in [6.45, 7) is 3.72. The van der Waals surface area contributed by atoms with Crippen LogP contribution in [0.1, 0.15) is 38.2 Å². The predicted molar refractivity (Wildman–Crippen MR) is 88.9 cm³/mol. The van der Waals surface area contributed by atoms with Gasteiger partial charge in [0, 0.05) is 31.9 Å². The number of hydrogen-bond donors (Lipinski definition) is 2. The third-order valence-corrected chi connectivity index (χ3v) is 5.14. The predicted octanol–water partition coefficient (Wildman–Crippen LogP) is 2.06. The van der Waals surface area contributed by atoms with Crippen LogP contribution in [0.5, 0.6) is 0 Å². The highest BCUT2D eigenvalue weighted by molar-refractivity contribution is 7.89. The first-order valence-corrected chi connectivity index (χ1v) is 9.51. The van der Waals surface area contributed by atoms with Crippen LogP contribution in [0, 0.1) is 0 Å². The summed E-state index contributed by atoms with van der Waals surface area (Å²) in [5.41, 5.74) is 1.56. The summed E-state index contributed by atoms with van der Waals surface area (Å²) in [7, 11) is -3.52. The monoisotopic (exact) mass is 340 g/mol. The van der Waals surface area contributed by atoms with E-state index < -0.39 is 10.0 Å². The number of carbonyl (C=O) groups excluding carboxylic acids is 1. The van der Waals surface area contributed by atoms with Crippen LogP contribution in [0.2, 0.25) is 0 Å². The van der Waals surface area contributed by atoms with E-state index in [1.807, 2.05) is 0 Å². The molecule has 1 aliphatic heterocycles. The van der Waals surface area contributed by atoms with Crippen molar-refractivity contribution in [1.82, 2.24) is 4.72 Å². The topological polar surface area (TPSA) is 84.5 Å². The maximum atomic E-state index is 12.3. The van der Waals surface area contributed by atoms with Gasteiger partial charge in [-0.15, -0.1) is 0 Å². The molecule has 2 N–H and O–H groups in total. The molecule has 6 nitrogen and oxygen atoms in total. The van der Waals surface area contributed by atoms with Crippen LogP contribution in [-0.4, -0.2) is 34.1 Å². The first-order valence-electron chi connectivity index (χ1n) is 8.03. The first kappa shape index (κ1) is 17.9. The van der Waals surface area contributed by atoms with Crippen LogP contribution in [0.15, 0.2) is 23.1 Å². The molecule has 0 saturated heterocycles. The zero-order valence-corrected chi connectivity index (χ0v) is 14.2. The number of amides is 1. The lowest BCUT2D eigenvalue weighted by atomic mass is 10.0. The SMILES string of the molecule is CCCCOCCCNS(=O)(=O)c1ccc2c(c1)CCC(=O)N2. The van der Waals surface area contributed by atoms with Crippen molar-refractivity contribution in [2.24, 2.45) is 0 Å². The van der Waals surface area contributed by atoms with E-state index in [-0.39, 0.29) is 10.8 Å². The van der Waals surface area contributed by atoms with E-state index in [9.17, 15) is 13.2 Å². The highest BCUT2D eigenvalue weighted by Gasteiger charge is 2.19. The molecule has 23 heavy (non-hydrogen) atoms. The van der Waals surface area contributed by atoms with Crippen molar-refractivity contribution in [2.45, 2.75) is 43.9 Å². The summed E-state index contributed by atoms with van der Waals surface area (Å²) in [5, 5.41) is 2.74. The number of nitrogens with one attached hydrogen (secondary N) is 2. The van der Waals surface area contributed by atoms with Crippen molar-refractivity contribution in [3.05, 3.63) is 23.8 Å². The standard InChI is InChI=1S/C16H24N2O4S/c1-2-3-10-22-11-4-9-17-23(20,21)14-6-7-15-13(12-14)5-8-16(19)18-15/h6-7,12,17H,2-5,8-11H2,1H3,(H,18,19). The minimum absolute atomic E-state index is 0.0331. The van der Waals surface area contributed by atoms with Gasteiger partial charge in [-0.3, -0.25) is 4.79 Å². The lowest BCUT2D eigenvalue weighted by Gasteiger charge is -2.17. The fourth-order valence-corrected chi connectivity index (χ4v) is 3.46.